The van der Waals surface area contributed by atoms with Gasteiger partial charge in [-0.1, -0.05) is 30.3 Å². The SMILES string of the molecule is c1ccc(OCCOc2cccc(C3OCCCO3)c2)cc1. The first-order valence-corrected chi connectivity index (χ1v) is 7.56. The Bertz CT molecular complexity index is 564. The maximum atomic E-state index is 5.72. The highest BCUT2D eigenvalue weighted by Crippen LogP contribution is 2.25. The van der Waals surface area contributed by atoms with Crippen molar-refractivity contribution >= 4 is 0 Å². The van der Waals surface area contributed by atoms with E-state index in [-0.39, 0.29) is 6.29 Å². The third-order valence-corrected chi connectivity index (χ3v) is 3.32. The molecule has 2 aromatic rings. The second-order valence-corrected chi connectivity index (χ2v) is 5.01. The minimum absolute atomic E-state index is 0.280. The predicted octanol–water partition coefficient (Wildman–Crippen LogP) is 3.58. The molecule has 1 aliphatic heterocycles. The molecule has 0 amide bonds. The van der Waals surface area contributed by atoms with Crippen LogP contribution in [0.1, 0.15) is 18.3 Å². The Labute approximate surface area is 130 Å². The molecule has 0 radical (unpaired) electrons. The highest BCUT2D eigenvalue weighted by atomic mass is 16.7. The van der Waals surface area contributed by atoms with Crippen LogP contribution >= 0.6 is 0 Å². The van der Waals surface area contributed by atoms with Crippen molar-refractivity contribution in [2.75, 3.05) is 26.4 Å². The van der Waals surface area contributed by atoms with Crippen molar-refractivity contribution in [1.29, 1.82) is 0 Å². The molecule has 1 fully saturated rings. The fraction of sp³-hybridized carbons (Fsp3) is 0.333. The fourth-order valence-corrected chi connectivity index (χ4v) is 2.27. The summed E-state index contributed by atoms with van der Waals surface area (Å²) in [4.78, 5) is 0. The van der Waals surface area contributed by atoms with Crippen LogP contribution in [0.3, 0.4) is 0 Å². The van der Waals surface area contributed by atoms with E-state index >= 15 is 0 Å². The number of para-hydroxylation sites is 1. The summed E-state index contributed by atoms with van der Waals surface area (Å²) in [5.41, 5.74) is 0.987. The molecule has 4 nitrogen and oxygen atoms in total. The summed E-state index contributed by atoms with van der Waals surface area (Å²) < 4.78 is 22.5. The zero-order chi connectivity index (χ0) is 15.0. The van der Waals surface area contributed by atoms with Crippen molar-refractivity contribution in [2.45, 2.75) is 12.7 Å². The molecule has 3 rings (SSSR count). The summed E-state index contributed by atoms with van der Waals surface area (Å²) in [5, 5.41) is 0. The molecule has 22 heavy (non-hydrogen) atoms. The summed E-state index contributed by atoms with van der Waals surface area (Å²) in [7, 11) is 0. The third kappa shape index (κ3) is 4.23. The number of hydrogen-bond donors (Lipinski definition) is 0. The van der Waals surface area contributed by atoms with Gasteiger partial charge in [0, 0.05) is 5.56 Å². The van der Waals surface area contributed by atoms with Gasteiger partial charge in [0.05, 0.1) is 13.2 Å². The molecule has 1 heterocycles. The number of hydrogen-bond acceptors (Lipinski definition) is 4. The van der Waals surface area contributed by atoms with Crippen LogP contribution in [0.4, 0.5) is 0 Å². The standard InChI is InChI=1S/C18H20O4/c1-2-7-16(8-3-1)19-12-13-20-17-9-4-6-15(14-17)18-21-10-5-11-22-18/h1-4,6-9,14,18H,5,10-13H2. The summed E-state index contributed by atoms with van der Waals surface area (Å²) in [6.07, 6.45) is 0.668. The quantitative estimate of drug-likeness (QED) is 0.764. The molecule has 0 bridgehead atoms. The first kappa shape index (κ1) is 14.9. The van der Waals surface area contributed by atoms with Gasteiger partial charge in [-0.2, -0.15) is 0 Å². The zero-order valence-electron chi connectivity index (χ0n) is 12.4. The lowest BCUT2D eigenvalue weighted by Crippen LogP contribution is -2.17. The third-order valence-electron chi connectivity index (χ3n) is 3.32. The van der Waals surface area contributed by atoms with E-state index in [0.29, 0.717) is 13.2 Å². The van der Waals surface area contributed by atoms with E-state index in [1.165, 1.54) is 0 Å². The van der Waals surface area contributed by atoms with Gasteiger partial charge in [0.1, 0.15) is 24.7 Å². The molecule has 0 saturated carbocycles. The van der Waals surface area contributed by atoms with Crippen LogP contribution in [0.5, 0.6) is 11.5 Å². The van der Waals surface area contributed by atoms with E-state index in [4.69, 9.17) is 18.9 Å². The molecule has 4 heteroatoms. The van der Waals surface area contributed by atoms with Crippen molar-refractivity contribution in [3.63, 3.8) is 0 Å². The lowest BCUT2D eigenvalue weighted by molar-refractivity contribution is -0.183. The first-order valence-electron chi connectivity index (χ1n) is 7.56. The van der Waals surface area contributed by atoms with Crippen LogP contribution in [0.25, 0.3) is 0 Å². The Morgan fingerprint density at radius 2 is 1.50 bits per heavy atom. The predicted molar refractivity (Wildman–Crippen MR) is 83.1 cm³/mol. The largest absolute Gasteiger partial charge is 0.490 e. The van der Waals surface area contributed by atoms with Gasteiger partial charge in [0.2, 0.25) is 0 Å². The zero-order valence-corrected chi connectivity index (χ0v) is 12.4. The second-order valence-electron chi connectivity index (χ2n) is 5.01. The Morgan fingerprint density at radius 3 is 2.27 bits per heavy atom. The van der Waals surface area contributed by atoms with Crippen LogP contribution < -0.4 is 9.47 Å². The van der Waals surface area contributed by atoms with Crippen molar-refractivity contribution in [2.24, 2.45) is 0 Å². The van der Waals surface area contributed by atoms with Gasteiger partial charge in [-0.3, -0.25) is 0 Å². The topological polar surface area (TPSA) is 36.9 Å². The monoisotopic (exact) mass is 300 g/mol. The van der Waals surface area contributed by atoms with Crippen LogP contribution in [0, 0.1) is 0 Å². The normalized spacial score (nSPS) is 15.5. The smallest absolute Gasteiger partial charge is 0.183 e. The van der Waals surface area contributed by atoms with E-state index in [1.807, 2.05) is 54.6 Å². The molecule has 2 aromatic carbocycles. The molecule has 0 spiro atoms. The number of rotatable bonds is 6. The van der Waals surface area contributed by atoms with Crippen LogP contribution in [0.2, 0.25) is 0 Å². The average Bonchev–Trinajstić information content (AvgIpc) is 2.61. The van der Waals surface area contributed by atoms with Crippen LogP contribution in [0.15, 0.2) is 54.6 Å². The van der Waals surface area contributed by atoms with Gasteiger partial charge in [0.25, 0.3) is 0 Å². The fourth-order valence-electron chi connectivity index (χ4n) is 2.27. The van der Waals surface area contributed by atoms with Crippen LogP contribution in [-0.2, 0) is 9.47 Å². The van der Waals surface area contributed by atoms with Gasteiger partial charge in [-0.15, -0.1) is 0 Å². The lowest BCUT2D eigenvalue weighted by Gasteiger charge is -2.23. The Kier molecular flexibility index (Phi) is 5.29. The Balaban J connectivity index is 1.48. The molecule has 0 aromatic heterocycles. The molecule has 0 atom stereocenters. The molecule has 116 valence electrons. The second kappa shape index (κ2) is 7.82. The Hall–Kier alpha value is -2.04. The van der Waals surface area contributed by atoms with E-state index in [2.05, 4.69) is 0 Å². The summed E-state index contributed by atoms with van der Waals surface area (Å²) in [6.45, 7) is 2.47. The van der Waals surface area contributed by atoms with Crippen molar-refractivity contribution < 1.29 is 18.9 Å². The number of benzene rings is 2. The summed E-state index contributed by atoms with van der Waals surface area (Å²) in [6, 6.07) is 17.5. The average molecular weight is 300 g/mol. The van der Waals surface area contributed by atoms with Crippen molar-refractivity contribution in [3.05, 3.63) is 60.2 Å². The molecule has 0 aliphatic carbocycles. The van der Waals surface area contributed by atoms with Gasteiger partial charge in [0.15, 0.2) is 6.29 Å². The van der Waals surface area contributed by atoms with E-state index in [0.717, 1.165) is 36.7 Å². The van der Waals surface area contributed by atoms with Crippen LogP contribution in [-0.4, -0.2) is 26.4 Å². The summed E-state index contributed by atoms with van der Waals surface area (Å²) >= 11 is 0. The minimum Gasteiger partial charge on any atom is -0.490 e. The van der Waals surface area contributed by atoms with Gasteiger partial charge >= 0.3 is 0 Å². The molecule has 0 N–H and O–H groups in total. The molecule has 1 aliphatic rings. The van der Waals surface area contributed by atoms with E-state index < -0.39 is 0 Å². The van der Waals surface area contributed by atoms with E-state index in [1.54, 1.807) is 0 Å². The van der Waals surface area contributed by atoms with E-state index in [9.17, 15) is 0 Å². The minimum atomic E-state index is -0.280. The number of ether oxygens (including phenoxy) is 4. The highest BCUT2D eigenvalue weighted by molar-refractivity contribution is 5.29. The molecule has 1 saturated heterocycles. The van der Waals surface area contributed by atoms with Gasteiger partial charge in [-0.05, 0) is 30.7 Å². The van der Waals surface area contributed by atoms with Crippen molar-refractivity contribution in [1.82, 2.24) is 0 Å². The van der Waals surface area contributed by atoms with Gasteiger partial charge < -0.3 is 18.9 Å². The summed E-state index contributed by atoms with van der Waals surface area (Å²) in [5.74, 6) is 1.65. The Morgan fingerprint density at radius 1 is 0.818 bits per heavy atom. The maximum Gasteiger partial charge on any atom is 0.183 e. The van der Waals surface area contributed by atoms with Crippen molar-refractivity contribution in [3.8, 4) is 11.5 Å². The van der Waals surface area contributed by atoms with Gasteiger partial charge in [-0.25, -0.2) is 0 Å². The molecular formula is C18H20O4. The lowest BCUT2D eigenvalue weighted by atomic mass is 10.2. The first-order chi connectivity index (χ1) is 10.9. The highest BCUT2D eigenvalue weighted by Gasteiger charge is 2.16. The molecule has 0 unspecified atom stereocenters. The maximum absolute atomic E-state index is 5.72. The molecular weight excluding hydrogens is 280 g/mol.